The molecule has 0 aromatic heterocycles. The van der Waals surface area contributed by atoms with Gasteiger partial charge < -0.3 is 35.3 Å². The van der Waals surface area contributed by atoms with Gasteiger partial charge >= 0.3 is 11.9 Å². The van der Waals surface area contributed by atoms with Crippen molar-refractivity contribution in [1.29, 1.82) is 0 Å². The second kappa shape index (κ2) is 12.6. The fraction of sp³-hybridized carbons (Fsp3) is 0.944. The number of hydrogen-bond acceptors (Lipinski definition) is 9. The van der Waals surface area contributed by atoms with Crippen LogP contribution in [-0.4, -0.2) is 74.9 Å². The van der Waals surface area contributed by atoms with Gasteiger partial charge in [-0.1, -0.05) is 0 Å². The van der Waals surface area contributed by atoms with E-state index >= 15 is 0 Å². The molecule has 0 aromatic carbocycles. The predicted octanol–water partition coefficient (Wildman–Crippen LogP) is 5.37. The van der Waals surface area contributed by atoms with Crippen LogP contribution in [0.15, 0.2) is 0 Å². The minimum Gasteiger partial charge on any atom is -0.462 e. The van der Waals surface area contributed by atoms with Crippen LogP contribution in [0.25, 0.3) is 0 Å². The van der Waals surface area contributed by atoms with E-state index in [0.29, 0.717) is 19.3 Å². The summed E-state index contributed by atoms with van der Waals surface area (Å²) < 4.78 is 18.8. The van der Waals surface area contributed by atoms with E-state index in [0.717, 1.165) is 38.5 Å². The van der Waals surface area contributed by atoms with E-state index in [1.807, 2.05) is 0 Å². The average Bonchev–Trinajstić information content (AvgIpc) is 2.77. The van der Waals surface area contributed by atoms with Gasteiger partial charge in [-0.2, -0.15) is 0 Å². The van der Waals surface area contributed by atoms with E-state index in [2.05, 4.69) is 99.0 Å². The number of carbonyl (C=O) groups is 2. The van der Waals surface area contributed by atoms with Crippen molar-refractivity contribution in [2.45, 2.75) is 199 Å². The van der Waals surface area contributed by atoms with Gasteiger partial charge in [0.25, 0.3) is 0 Å². The molecular formula is C36H65N3O6. The Morgan fingerprint density at radius 1 is 0.533 bits per heavy atom. The van der Waals surface area contributed by atoms with Gasteiger partial charge in [0.1, 0.15) is 12.2 Å². The molecule has 3 aliphatic heterocycles. The maximum atomic E-state index is 13.8. The highest BCUT2D eigenvalue weighted by Gasteiger charge is 2.47. The molecule has 4 fully saturated rings. The number of rotatable bonds is 7. The molecule has 1 saturated carbocycles. The molecule has 0 radical (unpaired) electrons. The van der Waals surface area contributed by atoms with Gasteiger partial charge in [-0.3, -0.25) is 9.59 Å². The van der Waals surface area contributed by atoms with Crippen molar-refractivity contribution in [2.75, 3.05) is 0 Å². The average molecular weight is 636 g/mol. The highest BCUT2D eigenvalue weighted by molar-refractivity contribution is 5.77. The van der Waals surface area contributed by atoms with Crippen molar-refractivity contribution in [2.24, 2.45) is 17.8 Å². The Morgan fingerprint density at radius 2 is 0.822 bits per heavy atom. The van der Waals surface area contributed by atoms with E-state index in [9.17, 15) is 14.7 Å². The fourth-order valence-corrected chi connectivity index (χ4v) is 9.76. The van der Waals surface area contributed by atoms with Crippen LogP contribution < -0.4 is 16.0 Å². The molecule has 0 amide bonds. The molecule has 9 heteroatoms. The van der Waals surface area contributed by atoms with Crippen molar-refractivity contribution in [3.63, 3.8) is 0 Å². The molecule has 4 aliphatic rings. The Hall–Kier alpha value is -1.26. The molecule has 2 unspecified atom stereocenters. The van der Waals surface area contributed by atoms with Crippen LogP contribution >= 0.6 is 0 Å². The van der Waals surface area contributed by atoms with E-state index in [-0.39, 0.29) is 69.4 Å². The second-order valence-electron chi connectivity index (χ2n) is 19.0. The lowest BCUT2D eigenvalue weighted by molar-refractivity contribution is -0.198. The minimum absolute atomic E-state index is 0.135. The van der Waals surface area contributed by atoms with Crippen LogP contribution in [0.5, 0.6) is 0 Å². The lowest BCUT2D eigenvalue weighted by Gasteiger charge is -2.47. The number of piperidine rings is 3. The lowest BCUT2D eigenvalue weighted by Crippen LogP contribution is -2.60. The zero-order chi connectivity index (χ0) is 33.8. The largest absolute Gasteiger partial charge is 0.462 e. The third-order valence-corrected chi connectivity index (χ3v) is 10.2. The van der Waals surface area contributed by atoms with Gasteiger partial charge in [0.15, 0.2) is 6.29 Å². The summed E-state index contributed by atoms with van der Waals surface area (Å²) in [5.41, 5.74) is -0.916. The molecule has 9 nitrogen and oxygen atoms in total. The number of aliphatic hydroxyl groups is 1. The molecule has 0 spiro atoms. The highest BCUT2D eigenvalue weighted by atomic mass is 16.6. The van der Waals surface area contributed by atoms with Gasteiger partial charge in [-0.05, 0) is 115 Å². The maximum Gasteiger partial charge on any atom is 0.309 e. The molecule has 1 aliphatic carbocycles. The summed E-state index contributed by atoms with van der Waals surface area (Å²) in [4.78, 5) is 27.6. The summed E-state index contributed by atoms with van der Waals surface area (Å²) in [5.74, 6) is -1.96. The Morgan fingerprint density at radius 3 is 1.13 bits per heavy atom. The zero-order valence-electron chi connectivity index (χ0n) is 30.4. The van der Waals surface area contributed by atoms with Crippen LogP contribution in [0.3, 0.4) is 0 Å². The maximum absolute atomic E-state index is 13.8. The fourth-order valence-electron chi connectivity index (χ4n) is 9.76. The topological polar surface area (TPSA) is 118 Å². The first-order chi connectivity index (χ1) is 20.3. The first kappa shape index (κ1) is 36.6. The number of ether oxygens (including phenoxy) is 3. The molecule has 45 heavy (non-hydrogen) atoms. The molecule has 4 N–H and O–H groups in total. The van der Waals surface area contributed by atoms with Gasteiger partial charge in [0, 0.05) is 64.8 Å². The number of nitrogens with one attached hydrogen (secondary N) is 3. The summed E-state index contributed by atoms with van der Waals surface area (Å²) >= 11 is 0. The Kier molecular flexibility index (Phi) is 10.3. The van der Waals surface area contributed by atoms with E-state index in [1.54, 1.807) is 0 Å². The summed E-state index contributed by atoms with van der Waals surface area (Å²) in [6, 6.07) is 0. The normalized spacial score (nSPS) is 33.6. The number of aliphatic hydroxyl groups excluding tert-OH is 1. The van der Waals surface area contributed by atoms with Crippen LogP contribution in [0, 0.1) is 17.8 Å². The van der Waals surface area contributed by atoms with Gasteiger partial charge in [-0.25, -0.2) is 0 Å². The van der Waals surface area contributed by atoms with Gasteiger partial charge in [0.05, 0.1) is 17.9 Å². The molecule has 3 heterocycles. The van der Waals surface area contributed by atoms with E-state index in [4.69, 9.17) is 14.2 Å². The summed E-state index contributed by atoms with van der Waals surface area (Å²) in [6.45, 7) is 25.7. The lowest BCUT2D eigenvalue weighted by atomic mass is 9.74. The van der Waals surface area contributed by atoms with Crippen LogP contribution in [0.1, 0.15) is 141 Å². The predicted molar refractivity (Wildman–Crippen MR) is 177 cm³/mol. The highest BCUT2D eigenvalue weighted by Crippen LogP contribution is 2.41. The zero-order valence-corrected chi connectivity index (χ0v) is 30.4. The van der Waals surface area contributed by atoms with Crippen LogP contribution in [0.4, 0.5) is 0 Å². The van der Waals surface area contributed by atoms with Crippen molar-refractivity contribution in [3.8, 4) is 0 Å². The third-order valence-electron chi connectivity index (χ3n) is 10.2. The Bertz CT molecular complexity index is 975. The number of esters is 2. The standard InChI is InChI=1S/C36H65N3O6/c1-31(2)16-25(17-32(3,4)37-31)43-28(40)22-13-23(29(41)44-26-18-33(5,6)38-34(7,8)19-26)15-24(14-22)30(42)45-27-20-35(9,10)39-36(11,12)21-27/h22-28,37-40H,13-21H2,1-12H3/t22?,23-,24?,28+/m1/s1. The molecule has 0 aromatic rings. The smallest absolute Gasteiger partial charge is 0.309 e. The van der Waals surface area contributed by atoms with E-state index in [1.165, 1.54) is 0 Å². The SMILES string of the molecule is CC1(C)CC(OC(=O)C2CC([C@@H](O)OC3CC(C)(C)NC(C)(C)C3)C[C@@H](C(=O)OC3CC(C)(C)NC(C)(C)C3)C2)CC(C)(C)N1. The molecule has 4 rings (SSSR count). The summed E-state index contributed by atoms with van der Waals surface area (Å²) in [5, 5.41) is 22.5. The second-order valence-corrected chi connectivity index (χ2v) is 19.0. The molecule has 0 bridgehead atoms. The third kappa shape index (κ3) is 10.4. The molecule has 4 atom stereocenters. The number of carbonyl (C=O) groups excluding carboxylic acids is 2. The van der Waals surface area contributed by atoms with Crippen molar-refractivity contribution in [1.82, 2.24) is 16.0 Å². The van der Waals surface area contributed by atoms with Crippen molar-refractivity contribution < 1.29 is 28.9 Å². The quantitative estimate of drug-likeness (QED) is 0.216. The Balaban J connectivity index is 1.50. The Labute approximate surface area is 273 Å². The van der Waals surface area contributed by atoms with Crippen molar-refractivity contribution in [3.05, 3.63) is 0 Å². The van der Waals surface area contributed by atoms with Crippen LogP contribution in [-0.2, 0) is 23.8 Å². The monoisotopic (exact) mass is 635 g/mol. The first-order valence-electron chi connectivity index (χ1n) is 17.4. The van der Waals surface area contributed by atoms with Gasteiger partial charge in [-0.15, -0.1) is 0 Å². The molecule has 260 valence electrons. The number of hydrogen-bond donors (Lipinski definition) is 4. The summed E-state index contributed by atoms with van der Waals surface area (Å²) in [6.07, 6.45) is 3.97. The van der Waals surface area contributed by atoms with Gasteiger partial charge in [0.2, 0.25) is 0 Å². The molecule has 3 saturated heterocycles. The van der Waals surface area contributed by atoms with Crippen molar-refractivity contribution >= 4 is 11.9 Å². The molecular weight excluding hydrogens is 570 g/mol. The first-order valence-corrected chi connectivity index (χ1v) is 17.4. The van der Waals surface area contributed by atoms with E-state index < -0.39 is 18.1 Å². The minimum atomic E-state index is -1.08. The van der Waals surface area contributed by atoms with Crippen LogP contribution in [0.2, 0.25) is 0 Å². The summed E-state index contributed by atoms with van der Waals surface area (Å²) in [7, 11) is 0.